The highest BCUT2D eigenvalue weighted by Crippen LogP contribution is 2.16. The summed E-state index contributed by atoms with van der Waals surface area (Å²) in [6.45, 7) is 7.71. The topological polar surface area (TPSA) is 390 Å². The van der Waals surface area contributed by atoms with E-state index in [0.717, 1.165) is 87.3 Å². The minimum Gasteiger partial charge on any atom is -0.480 e. The number of hydrogen-bond acceptors (Lipinski definition) is 19. The maximum absolute atomic E-state index is 12.2. The second-order valence-corrected chi connectivity index (χ2v) is 29.7. The zero-order valence-electron chi connectivity index (χ0n) is 75.0. The first-order chi connectivity index (χ1) is 58.2. The van der Waals surface area contributed by atoms with Crippen molar-refractivity contribution < 1.29 is 96.0 Å². The van der Waals surface area contributed by atoms with Crippen molar-refractivity contribution in [2.75, 3.05) is 98.9 Å². The molecule has 30 heteroatoms. The summed E-state index contributed by atoms with van der Waals surface area (Å²) >= 11 is 0. The predicted molar refractivity (Wildman–Crippen MR) is 469 cm³/mol. The number of unbranched alkanes of at least 4 members (excludes halogenated alkanes) is 7. The molecule has 0 aliphatic carbocycles. The van der Waals surface area contributed by atoms with Gasteiger partial charge < -0.3 is 75.1 Å². The van der Waals surface area contributed by atoms with Crippen LogP contribution in [0, 0.1) is 23.7 Å². The number of carboxylic acid groups (broad SMARTS) is 1. The van der Waals surface area contributed by atoms with Gasteiger partial charge in [-0.25, -0.2) is 19.2 Å². The van der Waals surface area contributed by atoms with Gasteiger partial charge in [0.2, 0.25) is 29.5 Å². The van der Waals surface area contributed by atoms with Gasteiger partial charge in [0, 0.05) is 154 Å². The van der Waals surface area contributed by atoms with Crippen LogP contribution in [0.4, 0.5) is 0 Å². The van der Waals surface area contributed by atoms with Crippen LogP contribution in [0.5, 0.6) is 0 Å². The van der Waals surface area contributed by atoms with Gasteiger partial charge in [0.1, 0.15) is 30.2 Å². The lowest BCUT2D eigenvalue weighted by Gasteiger charge is -2.12. The highest BCUT2D eigenvalue weighted by molar-refractivity contribution is 6.00. The molecule has 5 rings (SSSR count). The molecule has 670 valence electrons. The number of aryl methyl sites for hydroxylation is 3. The molecule has 0 fully saturated rings. The van der Waals surface area contributed by atoms with E-state index in [-0.39, 0.29) is 53.2 Å². The summed E-state index contributed by atoms with van der Waals surface area (Å²) in [4.78, 5) is 182. The van der Waals surface area contributed by atoms with Crippen molar-refractivity contribution in [2.24, 2.45) is 0 Å². The third kappa shape index (κ3) is 46.6. The van der Waals surface area contributed by atoms with E-state index >= 15 is 0 Å². The number of ether oxygens (including phenoxy) is 4. The number of rotatable bonds is 38. The minimum absolute atomic E-state index is 0.0835. The fourth-order valence-electron chi connectivity index (χ4n) is 10.8. The van der Waals surface area contributed by atoms with Crippen molar-refractivity contribution in [3.63, 3.8) is 0 Å². The van der Waals surface area contributed by atoms with Crippen LogP contribution < -0.4 is 26.6 Å². The predicted octanol–water partition coefficient (Wildman–Crippen LogP) is 9.20. The normalized spacial score (nSPS) is 11.3. The molecule has 123 heavy (non-hydrogen) atoms. The van der Waals surface area contributed by atoms with Crippen LogP contribution in [-0.4, -0.2) is 248 Å². The molecule has 5 aromatic rings. The fraction of sp³-hybridized carbons (Fsp3) is 0.473. The van der Waals surface area contributed by atoms with Gasteiger partial charge in [-0.15, -0.1) is 0 Å². The summed E-state index contributed by atoms with van der Waals surface area (Å²) in [7, 11) is 22.6. The number of benzene rings is 5. The van der Waals surface area contributed by atoms with Crippen molar-refractivity contribution in [1.82, 2.24) is 51.1 Å². The van der Waals surface area contributed by atoms with E-state index in [0.29, 0.717) is 96.7 Å². The Bertz CT molecular complexity index is 4190. The van der Waals surface area contributed by atoms with Gasteiger partial charge in [-0.3, -0.25) is 52.7 Å². The van der Waals surface area contributed by atoms with Crippen molar-refractivity contribution in [3.05, 3.63) is 177 Å². The number of methoxy groups -OCH3 is 4. The summed E-state index contributed by atoms with van der Waals surface area (Å²) < 4.78 is 18.4. The maximum atomic E-state index is 12.2. The Kier molecular flexibility index (Phi) is 53.4. The van der Waals surface area contributed by atoms with Crippen molar-refractivity contribution in [3.8, 4) is 23.7 Å². The molecule has 6 N–H and O–H groups in total. The van der Waals surface area contributed by atoms with Crippen LogP contribution >= 0.6 is 0 Å². The van der Waals surface area contributed by atoms with Gasteiger partial charge in [0.15, 0.2) is 0 Å². The number of carbonyl (C=O) groups excluding carboxylic acids is 14. The van der Waals surface area contributed by atoms with Gasteiger partial charge in [-0.05, 0) is 195 Å². The molecule has 30 nitrogen and oxygen atoms in total. The molecule has 0 heterocycles. The highest BCUT2D eigenvalue weighted by atomic mass is 16.5. The van der Waals surface area contributed by atoms with Crippen LogP contribution in [-0.2, 0) is 86.2 Å². The fourth-order valence-corrected chi connectivity index (χ4v) is 10.8. The number of amides is 10. The van der Waals surface area contributed by atoms with Crippen molar-refractivity contribution in [2.45, 2.75) is 193 Å². The Morgan fingerprint density at radius 3 is 0.764 bits per heavy atom. The number of nitrogens with zero attached hydrogens (tertiary/aromatic N) is 5. The Hall–Kier alpha value is -12.7. The van der Waals surface area contributed by atoms with Gasteiger partial charge >= 0.3 is 29.8 Å². The van der Waals surface area contributed by atoms with Crippen LogP contribution in [0.2, 0.25) is 0 Å². The molecule has 0 saturated carbocycles. The van der Waals surface area contributed by atoms with Crippen molar-refractivity contribution >= 4 is 88.9 Å². The average molecular weight is 1710 g/mol. The van der Waals surface area contributed by atoms with Crippen LogP contribution in [0.15, 0.2) is 121 Å². The lowest BCUT2D eigenvalue weighted by molar-refractivity contribution is -0.143. The molecule has 0 spiro atoms. The summed E-state index contributed by atoms with van der Waals surface area (Å²) in [6, 6.07) is 31.8. The SMILES string of the molecule is COC(=O)[C@@H](C)NC(=O)c1cccc(C#CCCCC(=O)N(C)C)c1.COC(=O)[C@@H](C)NC(=O)c1cccc(C#CCCCC(=O)N(C)C)c1.COC(=O)[C@@H](C)NC(=O)c1cccc(CCCCCC(=O)N(C)C)c1.COC(=O)[C@@H](C)NC(=O)c1cccc(CCCCCC(=O)N(C)C)c1.C[C@@H](NC(=O)c1cccc(CCCCC(=O)N(C)C)c1)C(=O)O. The molecule has 5 aromatic carbocycles. The van der Waals surface area contributed by atoms with E-state index in [9.17, 15) is 71.9 Å². The van der Waals surface area contributed by atoms with Gasteiger partial charge in [0.05, 0.1) is 28.4 Å². The second kappa shape index (κ2) is 60.7. The Labute approximate surface area is 725 Å². The van der Waals surface area contributed by atoms with Crippen LogP contribution in [0.25, 0.3) is 0 Å². The van der Waals surface area contributed by atoms with E-state index in [1.807, 2.05) is 42.5 Å². The first kappa shape index (κ1) is 108. The van der Waals surface area contributed by atoms with Crippen LogP contribution in [0.3, 0.4) is 0 Å². The first-order valence-corrected chi connectivity index (χ1v) is 40.7. The molecule has 0 saturated heterocycles. The van der Waals surface area contributed by atoms with Gasteiger partial charge in [-0.2, -0.15) is 0 Å². The third-order valence-electron chi connectivity index (χ3n) is 18.3. The van der Waals surface area contributed by atoms with Gasteiger partial charge in [-0.1, -0.05) is 85.1 Å². The Balaban J connectivity index is 0.000000769. The zero-order chi connectivity index (χ0) is 92.7. The molecule has 0 aliphatic rings. The van der Waals surface area contributed by atoms with Crippen molar-refractivity contribution in [1.29, 1.82) is 0 Å². The zero-order valence-corrected chi connectivity index (χ0v) is 75.0. The molecule has 0 aliphatic heterocycles. The van der Waals surface area contributed by atoms with Gasteiger partial charge in [0.25, 0.3) is 29.5 Å². The Morgan fingerprint density at radius 2 is 0.520 bits per heavy atom. The lowest BCUT2D eigenvalue weighted by Crippen LogP contribution is -2.39. The number of hydrogen-bond donors (Lipinski definition) is 6. The first-order valence-electron chi connectivity index (χ1n) is 40.7. The summed E-state index contributed by atoms with van der Waals surface area (Å²) in [6.07, 6.45) is 14.9. The number of carbonyl (C=O) groups is 15. The number of nitrogens with one attached hydrogen (secondary N) is 5. The molecule has 10 amide bonds. The molecule has 0 unspecified atom stereocenters. The molecular weight excluding hydrogens is 1580 g/mol. The molecule has 5 atom stereocenters. The minimum atomic E-state index is -1.07. The summed E-state index contributed by atoms with van der Waals surface area (Å²) in [5.74, 6) is 7.82. The average Bonchev–Trinajstić information content (AvgIpc) is 0.892. The highest BCUT2D eigenvalue weighted by Gasteiger charge is 2.22. The van der Waals surface area contributed by atoms with Crippen LogP contribution in [0.1, 0.15) is 223 Å². The van der Waals surface area contributed by atoms with E-state index in [1.54, 1.807) is 202 Å². The quantitative estimate of drug-likeness (QED) is 0.00927. The smallest absolute Gasteiger partial charge is 0.328 e. The molecular formula is C93H128N10O20. The monoisotopic (exact) mass is 1700 g/mol. The summed E-state index contributed by atoms with van der Waals surface area (Å²) in [5.41, 5.74) is 6.88. The van der Waals surface area contributed by atoms with E-state index in [4.69, 9.17) is 5.11 Å². The standard InChI is InChI=1S/2C19H28N2O4.2C19H24N2O4.C17H24N2O4/c4*1-14(19(24)25-4)20-18(23)16-11-8-10-15(13-16)9-6-5-7-12-17(22)21(2)3;1-12(17(22)23)18-16(21)14-9-6-8-13(11-14)7-4-5-10-15(20)19(2)3/h2*8,10-11,13-14H,5-7,9,12H2,1-4H3,(H,20,23);2*8,10-11,13-14H,5,7,12H2,1-4H3,(H,20,23);6,8-9,11-12H,4-5,7,10H2,1-3H3,(H,18,21)(H,22,23)/t4*14-;12-/m11111/s1. The number of aliphatic carboxylic acids is 1. The van der Waals surface area contributed by atoms with E-state index in [1.165, 1.54) is 35.4 Å². The van der Waals surface area contributed by atoms with E-state index < -0.39 is 66.0 Å². The lowest BCUT2D eigenvalue weighted by atomic mass is 10.0. The number of carboxylic acids is 1. The largest absolute Gasteiger partial charge is 0.480 e. The number of esters is 4. The summed E-state index contributed by atoms with van der Waals surface area (Å²) in [5, 5.41) is 21.6. The molecule has 0 aromatic heterocycles. The van der Waals surface area contributed by atoms with E-state index in [2.05, 4.69) is 69.2 Å². The molecule has 0 radical (unpaired) electrons. The third-order valence-corrected chi connectivity index (χ3v) is 18.3. The molecule has 0 bridgehead atoms. The Morgan fingerprint density at radius 1 is 0.301 bits per heavy atom. The second-order valence-electron chi connectivity index (χ2n) is 29.7. The maximum Gasteiger partial charge on any atom is 0.328 e.